The molecule has 7 heteroatoms. The molecule has 0 saturated carbocycles. The minimum absolute atomic E-state index is 0.0510. The highest BCUT2D eigenvalue weighted by Gasteiger charge is 2.28. The number of piperazine rings is 1. The number of hydrogen-bond donors (Lipinski definition) is 0. The fourth-order valence-corrected chi connectivity index (χ4v) is 4.50. The van der Waals surface area contributed by atoms with Gasteiger partial charge in [0.15, 0.2) is 0 Å². The van der Waals surface area contributed by atoms with Gasteiger partial charge in [-0.05, 0) is 41.8 Å². The van der Waals surface area contributed by atoms with Crippen LogP contribution in [0.5, 0.6) is 0 Å². The van der Waals surface area contributed by atoms with Crippen molar-refractivity contribution in [1.29, 1.82) is 0 Å². The molecule has 3 heterocycles. The van der Waals surface area contributed by atoms with Gasteiger partial charge in [-0.3, -0.25) is 19.2 Å². The van der Waals surface area contributed by atoms with Gasteiger partial charge in [-0.15, -0.1) is 0 Å². The lowest BCUT2D eigenvalue weighted by Gasteiger charge is -2.35. The summed E-state index contributed by atoms with van der Waals surface area (Å²) in [5.74, 6) is 0.192. The number of amides is 2. The van der Waals surface area contributed by atoms with Gasteiger partial charge in [0.1, 0.15) is 0 Å². The van der Waals surface area contributed by atoms with Crippen molar-refractivity contribution >= 4 is 17.5 Å². The van der Waals surface area contributed by atoms with Gasteiger partial charge in [0, 0.05) is 56.4 Å². The lowest BCUT2D eigenvalue weighted by atomic mass is 10.1. The molecule has 0 atom stereocenters. The molecule has 2 amide bonds. The van der Waals surface area contributed by atoms with Gasteiger partial charge >= 0.3 is 0 Å². The van der Waals surface area contributed by atoms with Crippen molar-refractivity contribution in [1.82, 2.24) is 19.6 Å². The third kappa shape index (κ3) is 4.29. The van der Waals surface area contributed by atoms with Crippen molar-refractivity contribution in [3.63, 3.8) is 0 Å². The molecular formula is C25H27N5O2. The zero-order valence-electron chi connectivity index (χ0n) is 18.1. The van der Waals surface area contributed by atoms with Crippen LogP contribution in [0.25, 0.3) is 0 Å². The molecule has 0 aliphatic carbocycles. The Hall–Kier alpha value is -3.45. The first-order valence-electron chi connectivity index (χ1n) is 11.1. The maximum absolute atomic E-state index is 12.9. The van der Waals surface area contributed by atoms with Gasteiger partial charge < -0.3 is 9.80 Å². The average molecular weight is 430 g/mol. The normalized spacial score (nSPS) is 16.2. The molecule has 0 unspecified atom stereocenters. The van der Waals surface area contributed by atoms with Crippen LogP contribution in [0.2, 0.25) is 0 Å². The van der Waals surface area contributed by atoms with Crippen LogP contribution < -0.4 is 4.90 Å². The highest BCUT2D eigenvalue weighted by Crippen LogP contribution is 2.27. The van der Waals surface area contributed by atoms with E-state index in [1.165, 1.54) is 5.56 Å². The summed E-state index contributed by atoms with van der Waals surface area (Å²) in [4.78, 5) is 31.7. The number of carbonyl (C=O) groups excluding carboxylic acids is 2. The van der Waals surface area contributed by atoms with E-state index in [-0.39, 0.29) is 11.8 Å². The van der Waals surface area contributed by atoms with Gasteiger partial charge in [0.05, 0.1) is 13.1 Å². The molecule has 2 aromatic carbocycles. The summed E-state index contributed by atoms with van der Waals surface area (Å²) in [6, 6.07) is 17.8. The van der Waals surface area contributed by atoms with Crippen molar-refractivity contribution < 1.29 is 9.59 Å². The summed E-state index contributed by atoms with van der Waals surface area (Å²) >= 11 is 0. The Morgan fingerprint density at radius 3 is 2.41 bits per heavy atom. The van der Waals surface area contributed by atoms with Crippen LogP contribution in [-0.4, -0.2) is 70.7 Å². The fraction of sp³-hybridized carbons (Fsp3) is 0.320. The Bertz CT molecular complexity index is 1090. The van der Waals surface area contributed by atoms with E-state index in [0.29, 0.717) is 44.8 Å². The summed E-state index contributed by atoms with van der Waals surface area (Å²) in [6.45, 7) is 4.55. The summed E-state index contributed by atoms with van der Waals surface area (Å²) in [5.41, 5.74) is 4.10. The van der Waals surface area contributed by atoms with Crippen molar-refractivity contribution in [2.24, 2.45) is 0 Å². The maximum Gasteiger partial charge on any atom is 0.253 e. The number of aromatic nitrogens is 2. The molecule has 7 nitrogen and oxygen atoms in total. The predicted molar refractivity (Wildman–Crippen MR) is 123 cm³/mol. The quantitative estimate of drug-likeness (QED) is 0.624. The van der Waals surface area contributed by atoms with Crippen molar-refractivity contribution in [2.75, 3.05) is 44.2 Å². The molecule has 0 N–H and O–H groups in total. The van der Waals surface area contributed by atoms with Crippen LogP contribution >= 0.6 is 0 Å². The molecule has 2 aliphatic rings. The number of nitrogens with zero attached hydrogens (tertiary/aromatic N) is 5. The van der Waals surface area contributed by atoms with Crippen LogP contribution in [-0.2, 0) is 17.8 Å². The molecule has 0 bridgehead atoms. The molecule has 3 aromatic rings. The highest BCUT2D eigenvalue weighted by atomic mass is 16.2. The van der Waals surface area contributed by atoms with Crippen molar-refractivity contribution in [3.05, 3.63) is 83.7 Å². The lowest BCUT2D eigenvalue weighted by molar-refractivity contribution is -0.120. The Labute approximate surface area is 187 Å². The van der Waals surface area contributed by atoms with E-state index in [9.17, 15) is 9.59 Å². The van der Waals surface area contributed by atoms with Gasteiger partial charge in [0.2, 0.25) is 5.91 Å². The fourth-order valence-electron chi connectivity index (χ4n) is 4.50. The standard InChI is InChI=1S/C25H27N5O2/c31-24(30-13-10-21-4-1-2-5-23(21)30)19-27-14-16-28(17-15-27)25(32)22-8-6-20(7-9-22)18-29-12-3-11-26-29/h1-9,11-12H,10,13-19H2. The first kappa shape index (κ1) is 20.5. The Morgan fingerprint density at radius 1 is 0.875 bits per heavy atom. The lowest BCUT2D eigenvalue weighted by Crippen LogP contribution is -2.51. The Morgan fingerprint density at radius 2 is 1.66 bits per heavy atom. The second kappa shape index (κ2) is 8.96. The number of hydrogen-bond acceptors (Lipinski definition) is 4. The van der Waals surface area contributed by atoms with E-state index in [0.717, 1.165) is 24.2 Å². The van der Waals surface area contributed by atoms with Crippen LogP contribution in [0.1, 0.15) is 21.5 Å². The summed E-state index contributed by atoms with van der Waals surface area (Å²) in [5, 5.41) is 4.22. The SMILES string of the molecule is O=C(c1ccc(Cn2cccn2)cc1)N1CCN(CC(=O)N2CCc3ccccc32)CC1. The molecule has 164 valence electrons. The van der Waals surface area contributed by atoms with E-state index in [1.54, 1.807) is 6.20 Å². The van der Waals surface area contributed by atoms with Crippen LogP contribution in [0.4, 0.5) is 5.69 Å². The molecular weight excluding hydrogens is 402 g/mol. The van der Waals surface area contributed by atoms with E-state index < -0.39 is 0 Å². The average Bonchev–Trinajstić information content (AvgIpc) is 3.49. The molecule has 0 radical (unpaired) electrons. The van der Waals surface area contributed by atoms with Crippen molar-refractivity contribution in [3.8, 4) is 0 Å². The Kier molecular flexibility index (Phi) is 5.73. The van der Waals surface area contributed by atoms with E-state index in [1.807, 2.05) is 69.2 Å². The number of rotatable bonds is 5. The van der Waals surface area contributed by atoms with Gasteiger partial charge in [-0.25, -0.2) is 0 Å². The molecule has 5 rings (SSSR count). The van der Waals surface area contributed by atoms with E-state index in [2.05, 4.69) is 16.1 Å². The minimum Gasteiger partial charge on any atom is -0.336 e. The van der Waals surface area contributed by atoms with Gasteiger partial charge in [-0.2, -0.15) is 5.10 Å². The molecule has 1 fully saturated rings. The molecule has 0 spiro atoms. The van der Waals surface area contributed by atoms with Gasteiger partial charge in [0.25, 0.3) is 5.91 Å². The molecule has 1 aromatic heterocycles. The van der Waals surface area contributed by atoms with Crippen molar-refractivity contribution in [2.45, 2.75) is 13.0 Å². The maximum atomic E-state index is 12.9. The van der Waals surface area contributed by atoms with Gasteiger partial charge in [-0.1, -0.05) is 30.3 Å². The highest BCUT2D eigenvalue weighted by molar-refractivity contribution is 5.97. The number of para-hydroxylation sites is 1. The van der Waals surface area contributed by atoms with Crippen LogP contribution in [0.15, 0.2) is 67.0 Å². The third-order valence-electron chi connectivity index (χ3n) is 6.31. The summed E-state index contributed by atoms with van der Waals surface area (Å²) < 4.78 is 1.86. The van der Waals surface area contributed by atoms with E-state index >= 15 is 0 Å². The number of benzene rings is 2. The summed E-state index contributed by atoms with van der Waals surface area (Å²) in [7, 11) is 0. The third-order valence-corrected chi connectivity index (χ3v) is 6.31. The van der Waals surface area contributed by atoms with E-state index in [4.69, 9.17) is 0 Å². The van der Waals surface area contributed by atoms with Crippen LogP contribution in [0, 0.1) is 0 Å². The Balaban J connectivity index is 1.13. The number of fused-ring (bicyclic) bond motifs is 1. The molecule has 1 saturated heterocycles. The molecule has 32 heavy (non-hydrogen) atoms. The second-order valence-corrected chi connectivity index (χ2v) is 8.39. The topological polar surface area (TPSA) is 61.7 Å². The molecule has 2 aliphatic heterocycles. The second-order valence-electron chi connectivity index (χ2n) is 8.39. The number of carbonyl (C=O) groups is 2. The smallest absolute Gasteiger partial charge is 0.253 e. The first-order chi connectivity index (χ1) is 15.7. The van der Waals surface area contributed by atoms with Crippen LogP contribution in [0.3, 0.4) is 0 Å². The monoisotopic (exact) mass is 429 g/mol. The first-order valence-corrected chi connectivity index (χ1v) is 11.1. The largest absolute Gasteiger partial charge is 0.336 e. The predicted octanol–water partition coefficient (Wildman–Crippen LogP) is 2.28. The zero-order chi connectivity index (χ0) is 21.9. The summed E-state index contributed by atoms with van der Waals surface area (Å²) in [6.07, 6.45) is 4.60. The zero-order valence-corrected chi connectivity index (χ0v) is 18.1. The number of anilines is 1. The minimum atomic E-state index is 0.0510.